The van der Waals surface area contributed by atoms with Crippen LogP contribution in [-0.2, 0) is 6.42 Å². The zero-order valence-electron chi connectivity index (χ0n) is 8.35. The molecule has 2 aromatic rings. The van der Waals surface area contributed by atoms with E-state index in [1.54, 1.807) is 0 Å². The van der Waals surface area contributed by atoms with Gasteiger partial charge >= 0.3 is 0 Å². The second-order valence-corrected chi connectivity index (χ2v) is 3.69. The molecule has 0 unspecified atom stereocenters. The summed E-state index contributed by atoms with van der Waals surface area (Å²) in [6.45, 7) is 0. The fourth-order valence-corrected chi connectivity index (χ4v) is 2.05. The fourth-order valence-electron chi connectivity index (χ4n) is 2.05. The van der Waals surface area contributed by atoms with E-state index in [1.165, 1.54) is 16.7 Å². The molecule has 0 fully saturated rings. The number of allylic oxidation sites excluding steroid dienone is 1. The molecule has 0 saturated heterocycles. The summed E-state index contributed by atoms with van der Waals surface area (Å²) in [6, 6.07) is 12.4. The van der Waals surface area contributed by atoms with Crippen LogP contribution >= 0.6 is 0 Å². The predicted octanol–water partition coefficient (Wildman–Crippen LogP) is 3.32. The minimum atomic E-state index is 1.03. The monoisotopic (exact) mass is 193 g/mol. The van der Waals surface area contributed by atoms with Crippen LogP contribution in [0.3, 0.4) is 0 Å². The minimum Gasteiger partial charge on any atom is -0.256 e. The molecular weight excluding hydrogens is 182 g/mol. The zero-order chi connectivity index (χ0) is 10.1. The van der Waals surface area contributed by atoms with Crippen LogP contribution in [0.25, 0.3) is 17.3 Å². The van der Waals surface area contributed by atoms with E-state index >= 15 is 0 Å². The van der Waals surface area contributed by atoms with Gasteiger partial charge in [0.25, 0.3) is 0 Å². The van der Waals surface area contributed by atoms with Gasteiger partial charge in [-0.15, -0.1) is 0 Å². The molecule has 0 aliphatic heterocycles. The maximum absolute atomic E-state index is 4.40. The lowest BCUT2D eigenvalue weighted by Crippen LogP contribution is -1.90. The number of benzene rings is 1. The lowest BCUT2D eigenvalue weighted by atomic mass is 10.00. The summed E-state index contributed by atoms with van der Waals surface area (Å²) in [6.07, 6.45) is 7.26. The van der Waals surface area contributed by atoms with Crippen molar-refractivity contribution < 1.29 is 0 Å². The van der Waals surface area contributed by atoms with Crippen LogP contribution in [0.5, 0.6) is 0 Å². The van der Waals surface area contributed by atoms with Gasteiger partial charge < -0.3 is 0 Å². The molecule has 0 spiro atoms. The molecule has 3 rings (SSSR count). The summed E-state index contributed by atoms with van der Waals surface area (Å²) in [5.41, 5.74) is 5.06. The number of fused-ring (bicyclic) bond motifs is 1. The molecule has 0 atom stereocenters. The minimum absolute atomic E-state index is 1.03. The third kappa shape index (κ3) is 1.37. The SMILES string of the molecule is C1=Cc2cccc(-c3ccccn3)c2C1. The highest BCUT2D eigenvalue weighted by molar-refractivity contribution is 5.73. The van der Waals surface area contributed by atoms with Crippen LogP contribution in [-0.4, -0.2) is 4.98 Å². The molecule has 1 aliphatic rings. The van der Waals surface area contributed by atoms with E-state index in [0.29, 0.717) is 0 Å². The average molecular weight is 193 g/mol. The van der Waals surface area contributed by atoms with Crippen LogP contribution in [0.1, 0.15) is 11.1 Å². The maximum Gasteiger partial charge on any atom is 0.0705 e. The van der Waals surface area contributed by atoms with E-state index in [0.717, 1.165) is 12.1 Å². The molecule has 1 heteroatoms. The normalized spacial score (nSPS) is 12.8. The van der Waals surface area contributed by atoms with Crippen LogP contribution in [0.4, 0.5) is 0 Å². The largest absolute Gasteiger partial charge is 0.256 e. The predicted molar refractivity (Wildman–Crippen MR) is 62.4 cm³/mol. The van der Waals surface area contributed by atoms with Gasteiger partial charge in [0.15, 0.2) is 0 Å². The first-order valence-corrected chi connectivity index (χ1v) is 5.15. The van der Waals surface area contributed by atoms with Crippen molar-refractivity contribution in [1.82, 2.24) is 4.98 Å². The quantitative estimate of drug-likeness (QED) is 0.677. The highest BCUT2D eigenvalue weighted by atomic mass is 14.7. The van der Waals surface area contributed by atoms with Gasteiger partial charge in [0.2, 0.25) is 0 Å². The van der Waals surface area contributed by atoms with E-state index in [2.05, 4.69) is 41.4 Å². The Morgan fingerprint density at radius 1 is 1.00 bits per heavy atom. The number of nitrogens with zero attached hydrogens (tertiary/aromatic N) is 1. The van der Waals surface area contributed by atoms with Crippen LogP contribution in [0.15, 0.2) is 48.7 Å². The Kier molecular flexibility index (Phi) is 1.88. The Balaban J connectivity index is 2.19. The maximum atomic E-state index is 4.40. The van der Waals surface area contributed by atoms with Crippen LogP contribution < -0.4 is 0 Å². The second kappa shape index (κ2) is 3.35. The number of hydrogen-bond donors (Lipinski definition) is 0. The smallest absolute Gasteiger partial charge is 0.0705 e. The molecule has 1 heterocycles. The van der Waals surface area contributed by atoms with Crippen molar-refractivity contribution in [2.75, 3.05) is 0 Å². The number of aromatic nitrogens is 1. The molecule has 1 aromatic carbocycles. The topological polar surface area (TPSA) is 12.9 Å². The summed E-state index contributed by atoms with van der Waals surface area (Å²) >= 11 is 0. The Hall–Kier alpha value is -1.89. The Morgan fingerprint density at radius 3 is 2.87 bits per heavy atom. The van der Waals surface area contributed by atoms with Gasteiger partial charge in [-0.05, 0) is 29.7 Å². The van der Waals surface area contributed by atoms with E-state index in [1.807, 2.05) is 18.3 Å². The molecule has 0 radical (unpaired) electrons. The zero-order valence-corrected chi connectivity index (χ0v) is 8.35. The first kappa shape index (κ1) is 8.42. The fraction of sp³-hybridized carbons (Fsp3) is 0.0714. The lowest BCUT2D eigenvalue weighted by Gasteiger charge is -2.07. The summed E-state index contributed by atoms with van der Waals surface area (Å²) < 4.78 is 0. The van der Waals surface area contributed by atoms with Crippen molar-refractivity contribution in [2.24, 2.45) is 0 Å². The number of hydrogen-bond acceptors (Lipinski definition) is 1. The van der Waals surface area contributed by atoms with E-state index in [-0.39, 0.29) is 0 Å². The standard InChI is InChI=1S/C14H11N/c1-2-10-15-14(9-1)13-8-4-6-11-5-3-7-12(11)13/h1-6,8-10H,7H2. The molecule has 0 bridgehead atoms. The van der Waals surface area contributed by atoms with Crippen molar-refractivity contribution in [2.45, 2.75) is 6.42 Å². The van der Waals surface area contributed by atoms with Gasteiger partial charge in [0.05, 0.1) is 5.69 Å². The number of rotatable bonds is 1. The van der Waals surface area contributed by atoms with Gasteiger partial charge in [-0.2, -0.15) is 0 Å². The van der Waals surface area contributed by atoms with Crippen molar-refractivity contribution in [3.63, 3.8) is 0 Å². The third-order valence-corrected chi connectivity index (χ3v) is 2.77. The molecule has 0 amide bonds. The van der Waals surface area contributed by atoms with Gasteiger partial charge in [-0.1, -0.05) is 36.4 Å². The third-order valence-electron chi connectivity index (χ3n) is 2.77. The van der Waals surface area contributed by atoms with Crippen LogP contribution in [0, 0.1) is 0 Å². The van der Waals surface area contributed by atoms with Gasteiger partial charge in [0, 0.05) is 11.8 Å². The van der Waals surface area contributed by atoms with Crippen molar-refractivity contribution in [1.29, 1.82) is 0 Å². The molecule has 1 nitrogen and oxygen atoms in total. The first-order chi connectivity index (χ1) is 7.45. The molecular formula is C14H11N. The molecule has 1 aliphatic carbocycles. The van der Waals surface area contributed by atoms with E-state index in [9.17, 15) is 0 Å². The molecule has 0 N–H and O–H groups in total. The van der Waals surface area contributed by atoms with Gasteiger partial charge in [0.1, 0.15) is 0 Å². The molecule has 1 aromatic heterocycles. The first-order valence-electron chi connectivity index (χ1n) is 5.15. The second-order valence-electron chi connectivity index (χ2n) is 3.69. The van der Waals surface area contributed by atoms with Gasteiger partial charge in [-0.3, -0.25) is 4.98 Å². The Morgan fingerprint density at radius 2 is 2.00 bits per heavy atom. The summed E-state index contributed by atoms with van der Waals surface area (Å²) in [5.74, 6) is 0. The highest BCUT2D eigenvalue weighted by Crippen LogP contribution is 2.29. The van der Waals surface area contributed by atoms with E-state index < -0.39 is 0 Å². The summed E-state index contributed by atoms with van der Waals surface area (Å²) in [7, 11) is 0. The molecule has 0 saturated carbocycles. The van der Waals surface area contributed by atoms with Gasteiger partial charge in [-0.25, -0.2) is 0 Å². The van der Waals surface area contributed by atoms with Crippen LogP contribution in [0.2, 0.25) is 0 Å². The Labute approximate surface area is 89.1 Å². The van der Waals surface area contributed by atoms with E-state index in [4.69, 9.17) is 0 Å². The Bertz CT molecular complexity index is 512. The van der Waals surface area contributed by atoms with Crippen molar-refractivity contribution in [3.05, 3.63) is 59.8 Å². The highest BCUT2D eigenvalue weighted by Gasteiger charge is 2.11. The van der Waals surface area contributed by atoms with Crippen molar-refractivity contribution in [3.8, 4) is 11.3 Å². The number of pyridine rings is 1. The molecule has 15 heavy (non-hydrogen) atoms. The summed E-state index contributed by atoms with van der Waals surface area (Å²) in [5, 5.41) is 0. The summed E-state index contributed by atoms with van der Waals surface area (Å²) in [4.78, 5) is 4.40. The van der Waals surface area contributed by atoms with Crippen molar-refractivity contribution >= 4 is 6.08 Å². The molecule has 72 valence electrons. The lowest BCUT2D eigenvalue weighted by molar-refractivity contribution is 1.26. The average Bonchev–Trinajstić information content (AvgIpc) is 2.78.